The minimum Gasteiger partial charge on any atom is -0.497 e. The fourth-order valence-electron chi connectivity index (χ4n) is 4.06. The predicted octanol–water partition coefficient (Wildman–Crippen LogP) is 5.10. The van der Waals surface area contributed by atoms with E-state index >= 15 is 0 Å². The first kappa shape index (κ1) is 23.4. The molecule has 0 fully saturated rings. The summed E-state index contributed by atoms with van der Waals surface area (Å²) >= 11 is 0. The highest BCUT2D eigenvalue weighted by Crippen LogP contribution is 2.20. The number of nitrogens with one attached hydrogen (secondary N) is 1. The Bertz CT molecular complexity index is 1260. The van der Waals surface area contributed by atoms with Crippen molar-refractivity contribution in [3.05, 3.63) is 89.2 Å². The van der Waals surface area contributed by atoms with Crippen molar-refractivity contribution in [1.82, 2.24) is 14.9 Å². The third-order valence-electron chi connectivity index (χ3n) is 5.83. The van der Waals surface area contributed by atoms with E-state index in [4.69, 9.17) is 14.5 Å². The van der Waals surface area contributed by atoms with Crippen molar-refractivity contribution in [1.29, 1.82) is 0 Å². The van der Waals surface area contributed by atoms with E-state index in [2.05, 4.69) is 41.9 Å². The monoisotopic (exact) mass is 457 g/mol. The van der Waals surface area contributed by atoms with Crippen molar-refractivity contribution < 1.29 is 14.3 Å². The van der Waals surface area contributed by atoms with E-state index in [0.717, 1.165) is 46.9 Å². The van der Waals surface area contributed by atoms with E-state index < -0.39 is 0 Å². The predicted molar refractivity (Wildman–Crippen MR) is 135 cm³/mol. The van der Waals surface area contributed by atoms with Gasteiger partial charge >= 0.3 is 0 Å². The maximum Gasteiger partial charge on any atom is 0.251 e. The number of aromatic nitrogens is 2. The highest BCUT2D eigenvalue weighted by Gasteiger charge is 2.12. The Hall–Kier alpha value is -3.80. The number of carbonyl (C=O) groups is 1. The number of imidazole rings is 1. The number of nitrogens with zero attached hydrogens (tertiary/aromatic N) is 2. The number of hydrogen-bond acceptors (Lipinski definition) is 4. The fraction of sp³-hybridized carbons (Fsp3) is 0.286. The third-order valence-corrected chi connectivity index (χ3v) is 5.83. The molecule has 0 bridgehead atoms. The summed E-state index contributed by atoms with van der Waals surface area (Å²) in [5.41, 5.74) is 5.07. The van der Waals surface area contributed by atoms with Crippen molar-refractivity contribution in [2.45, 2.75) is 33.2 Å². The Morgan fingerprint density at radius 1 is 1.03 bits per heavy atom. The third kappa shape index (κ3) is 5.57. The first-order valence-electron chi connectivity index (χ1n) is 11.6. The van der Waals surface area contributed by atoms with E-state index in [1.165, 1.54) is 5.56 Å². The van der Waals surface area contributed by atoms with Crippen LogP contribution in [0.1, 0.15) is 33.7 Å². The van der Waals surface area contributed by atoms with Crippen molar-refractivity contribution in [3.8, 4) is 11.5 Å². The van der Waals surface area contributed by atoms with E-state index in [1.54, 1.807) is 31.4 Å². The second kappa shape index (κ2) is 10.9. The SMILES string of the molecule is COc1ccc(C(=O)NCCc2nc3ccccc3n2CCCOc2ccc(C)cc2C)cc1. The molecular weight excluding hydrogens is 426 g/mol. The van der Waals surface area contributed by atoms with Gasteiger partial charge in [0.25, 0.3) is 5.91 Å². The van der Waals surface area contributed by atoms with Gasteiger partial charge in [-0.25, -0.2) is 4.98 Å². The van der Waals surface area contributed by atoms with Crippen molar-refractivity contribution >= 4 is 16.9 Å². The quantitative estimate of drug-likeness (QED) is 0.336. The van der Waals surface area contributed by atoms with Crippen LogP contribution in [0.3, 0.4) is 0 Å². The zero-order valence-electron chi connectivity index (χ0n) is 20.0. The van der Waals surface area contributed by atoms with Crippen LogP contribution in [0.25, 0.3) is 11.0 Å². The first-order chi connectivity index (χ1) is 16.5. The molecule has 34 heavy (non-hydrogen) atoms. The highest BCUT2D eigenvalue weighted by atomic mass is 16.5. The molecule has 0 aliphatic heterocycles. The first-order valence-corrected chi connectivity index (χ1v) is 11.6. The summed E-state index contributed by atoms with van der Waals surface area (Å²) in [6.07, 6.45) is 1.51. The molecule has 0 saturated carbocycles. The molecule has 4 aromatic rings. The molecule has 0 unspecified atom stereocenters. The molecule has 0 aliphatic carbocycles. The smallest absolute Gasteiger partial charge is 0.251 e. The Balaban J connectivity index is 1.37. The second-order valence-electron chi connectivity index (χ2n) is 8.37. The largest absolute Gasteiger partial charge is 0.497 e. The number of para-hydroxylation sites is 2. The number of rotatable bonds is 10. The molecule has 0 spiro atoms. The molecule has 0 saturated heterocycles. The van der Waals surface area contributed by atoms with Gasteiger partial charge in [-0.2, -0.15) is 0 Å². The summed E-state index contributed by atoms with van der Waals surface area (Å²) in [6.45, 7) is 6.09. The number of amides is 1. The van der Waals surface area contributed by atoms with Gasteiger partial charge in [0.1, 0.15) is 17.3 Å². The fourth-order valence-corrected chi connectivity index (χ4v) is 4.06. The molecule has 4 rings (SSSR count). The lowest BCUT2D eigenvalue weighted by molar-refractivity contribution is 0.0954. The molecule has 6 nitrogen and oxygen atoms in total. The maximum atomic E-state index is 12.5. The van der Waals surface area contributed by atoms with E-state index in [0.29, 0.717) is 25.1 Å². The number of carbonyl (C=O) groups excluding carboxylic acids is 1. The molecule has 3 aromatic carbocycles. The number of aryl methyl sites for hydroxylation is 3. The molecule has 0 aliphatic rings. The van der Waals surface area contributed by atoms with Crippen LogP contribution in [0.2, 0.25) is 0 Å². The lowest BCUT2D eigenvalue weighted by Gasteiger charge is -2.12. The summed E-state index contributed by atoms with van der Waals surface area (Å²) in [6, 6.07) is 21.5. The Kier molecular flexibility index (Phi) is 7.48. The van der Waals surface area contributed by atoms with Gasteiger partial charge < -0.3 is 19.4 Å². The van der Waals surface area contributed by atoms with Gasteiger partial charge in [-0.15, -0.1) is 0 Å². The summed E-state index contributed by atoms with van der Waals surface area (Å²) in [7, 11) is 1.61. The van der Waals surface area contributed by atoms with E-state index in [9.17, 15) is 4.79 Å². The Morgan fingerprint density at radius 3 is 2.59 bits per heavy atom. The topological polar surface area (TPSA) is 65.4 Å². The normalized spacial score (nSPS) is 10.9. The standard InChI is InChI=1S/C28H31N3O3/c1-20-9-14-26(21(2)19-20)34-18-6-17-31-25-8-5-4-7-24(25)30-27(31)15-16-29-28(32)22-10-12-23(33-3)13-11-22/h4-5,7-14,19H,6,15-18H2,1-3H3,(H,29,32). The summed E-state index contributed by atoms with van der Waals surface area (Å²) in [5, 5.41) is 3.00. The van der Waals surface area contributed by atoms with E-state index in [-0.39, 0.29) is 5.91 Å². The van der Waals surface area contributed by atoms with E-state index in [1.807, 2.05) is 24.3 Å². The lowest BCUT2D eigenvalue weighted by atomic mass is 10.1. The molecule has 176 valence electrons. The van der Waals surface area contributed by atoms with Crippen molar-refractivity contribution in [2.75, 3.05) is 20.3 Å². The minimum absolute atomic E-state index is 0.104. The van der Waals surface area contributed by atoms with Gasteiger partial charge in [-0.1, -0.05) is 29.8 Å². The van der Waals surface area contributed by atoms with Gasteiger partial charge in [0.15, 0.2) is 0 Å². The van der Waals surface area contributed by atoms with Gasteiger partial charge in [-0.05, 0) is 68.3 Å². The lowest BCUT2D eigenvalue weighted by Crippen LogP contribution is -2.26. The summed E-state index contributed by atoms with van der Waals surface area (Å²) < 4.78 is 13.4. The highest BCUT2D eigenvalue weighted by molar-refractivity contribution is 5.94. The average Bonchev–Trinajstić information content (AvgIpc) is 3.20. The van der Waals surface area contributed by atoms with Gasteiger partial charge in [0.05, 0.1) is 24.8 Å². The number of methoxy groups -OCH3 is 1. The maximum absolute atomic E-state index is 12.5. The van der Waals surface area contributed by atoms with Crippen LogP contribution in [0.4, 0.5) is 0 Å². The number of ether oxygens (including phenoxy) is 2. The second-order valence-corrected chi connectivity index (χ2v) is 8.37. The van der Waals surface area contributed by atoms with Crippen LogP contribution >= 0.6 is 0 Å². The van der Waals surface area contributed by atoms with Crippen molar-refractivity contribution in [3.63, 3.8) is 0 Å². The van der Waals surface area contributed by atoms with Crippen molar-refractivity contribution in [2.24, 2.45) is 0 Å². The Labute approximate surface area is 200 Å². The number of benzene rings is 3. The van der Waals surface area contributed by atoms with Gasteiger partial charge in [0.2, 0.25) is 0 Å². The molecule has 1 aromatic heterocycles. The van der Waals surface area contributed by atoms with Gasteiger partial charge in [0, 0.05) is 25.1 Å². The molecular formula is C28H31N3O3. The van der Waals surface area contributed by atoms with Gasteiger partial charge in [-0.3, -0.25) is 4.79 Å². The zero-order chi connectivity index (χ0) is 23.9. The average molecular weight is 458 g/mol. The molecule has 0 radical (unpaired) electrons. The van der Waals surface area contributed by atoms with Crippen LogP contribution < -0.4 is 14.8 Å². The molecule has 1 N–H and O–H groups in total. The van der Waals surface area contributed by atoms with Crippen LogP contribution in [0.5, 0.6) is 11.5 Å². The molecule has 1 heterocycles. The Morgan fingerprint density at radius 2 is 1.82 bits per heavy atom. The molecule has 0 atom stereocenters. The molecule has 6 heteroatoms. The number of hydrogen-bond donors (Lipinski definition) is 1. The summed E-state index contributed by atoms with van der Waals surface area (Å²) in [4.78, 5) is 17.3. The summed E-state index contributed by atoms with van der Waals surface area (Å²) in [5.74, 6) is 2.52. The number of fused-ring (bicyclic) bond motifs is 1. The van der Waals surface area contributed by atoms with Crippen LogP contribution in [-0.2, 0) is 13.0 Å². The van der Waals surface area contributed by atoms with Crippen LogP contribution in [0, 0.1) is 13.8 Å². The zero-order valence-corrected chi connectivity index (χ0v) is 20.0. The van der Waals surface area contributed by atoms with Crippen LogP contribution in [-0.4, -0.2) is 35.7 Å². The van der Waals surface area contributed by atoms with Crippen LogP contribution in [0.15, 0.2) is 66.7 Å². The minimum atomic E-state index is -0.104. The molecule has 1 amide bonds.